The molecule has 0 saturated heterocycles. The predicted octanol–water partition coefficient (Wildman–Crippen LogP) is 6.28. The average molecular weight is 364 g/mol. The predicted molar refractivity (Wildman–Crippen MR) is 92.7 cm³/mol. The Bertz CT molecular complexity index is 797. The molecule has 0 spiro atoms. The van der Waals surface area contributed by atoms with Crippen LogP contribution >= 0.6 is 27.3 Å². The van der Waals surface area contributed by atoms with E-state index in [1.807, 2.05) is 6.07 Å². The lowest BCUT2D eigenvalue weighted by Gasteiger charge is -2.15. The van der Waals surface area contributed by atoms with Crippen LogP contribution in [0.2, 0.25) is 0 Å². The largest absolute Gasteiger partial charge is 0.378 e. The lowest BCUT2D eigenvalue weighted by Crippen LogP contribution is -2.06. The molecule has 3 aromatic rings. The zero-order chi connectivity index (χ0) is 15.0. The number of aryl methyl sites for hydroxylation is 1. The van der Waals surface area contributed by atoms with E-state index in [1.165, 1.54) is 26.6 Å². The van der Waals surface area contributed by atoms with Gasteiger partial charge >= 0.3 is 0 Å². The summed E-state index contributed by atoms with van der Waals surface area (Å²) in [5.41, 5.74) is 2.09. The summed E-state index contributed by atoms with van der Waals surface area (Å²) in [6.07, 6.45) is 0. The molecule has 0 aliphatic carbocycles. The Morgan fingerprint density at radius 2 is 1.95 bits per heavy atom. The molecule has 0 bridgehead atoms. The number of benzene rings is 2. The number of hydrogen-bond acceptors (Lipinski definition) is 2. The number of hydrogen-bond donors (Lipinski definition) is 1. The molecule has 1 N–H and O–H groups in total. The minimum atomic E-state index is -0.250. The molecule has 1 unspecified atom stereocenters. The highest BCUT2D eigenvalue weighted by Gasteiger charge is 2.14. The van der Waals surface area contributed by atoms with E-state index in [-0.39, 0.29) is 11.9 Å². The maximum atomic E-state index is 13.6. The van der Waals surface area contributed by atoms with Gasteiger partial charge in [-0.05, 0) is 65.0 Å². The molecule has 0 aliphatic rings. The fourth-order valence-corrected chi connectivity index (χ4v) is 3.97. The molecule has 1 aromatic heterocycles. The van der Waals surface area contributed by atoms with Gasteiger partial charge in [-0.25, -0.2) is 4.39 Å². The van der Waals surface area contributed by atoms with Crippen molar-refractivity contribution in [2.24, 2.45) is 0 Å². The molecule has 0 radical (unpaired) electrons. The number of rotatable bonds is 3. The first-order valence-electron chi connectivity index (χ1n) is 6.76. The monoisotopic (exact) mass is 363 g/mol. The first-order chi connectivity index (χ1) is 10.1. The van der Waals surface area contributed by atoms with E-state index in [2.05, 4.69) is 59.4 Å². The van der Waals surface area contributed by atoms with Gasteiger partial charge in [0.1, 0.15) is 5.82 Å². The van der Waals surface area contributed by atoms with Crippen molar-refractivity contribution in [3.63, 3.8) is 0 Å². The standard InChI is InChI=1S/C17H15BrFNS/c1-10-13-5-3-4-6-16(13)21-17(10)11(2)20-12-7-8-14(18)15(19)9-12/h3-9,11,20H,1-2H3. The van der Waals surface area contributed by atoms with Crippen LogP contribution in [0.1, 0.15) is 23.4 Å². The molecule has 0 saturated carbocycles. The summed E-state index contributed by atoms with van der Waals surface area (Å²) >= 11 is 4.97. The highest BCUT2D eigenvalue weighted by molar-refractivity contribution is 9.10. The molecule has 1 atom stereocenters. The second-order valence-corrected chi connectivity index (χ2v) is 7.02. The Morgan fingerprint density at radius 3 is 2.67 bits per heavy atom. The van der Waals surface area contributed by atoms with Crippen LogP contribution in [0.5, 0.6) is 0 Å². The fraction of sp³-hybridized carbons (Fsp3) is 0.176. The van der Waals surface area contributed by atoms with Crippen LogP contribution in [-0.2, 0) is 0 Å². The van der Waals surface area contributed by atoms with Crippen LogP contribution in [0.4, 0.5) is 10.1 Å². The molecule has 0 fully saturated rings. The Morgan fingerprint density at radius 1 is 1.19 bits per heavy atom. The van der Waals surface area contributed by atoms with Crippen molar-refractivity contribution in [2.75, 3.05) is 5.32 Å². The molecule has 21 heavy (non-hydrogen) atoms. The molecular formula is C17H15BrFNS. The number of halogens is 2. The highest BCUT2D eigenvalue weighted by Crippen LogP contribution is 2.36. The summed E-state index contributed by atoms with van der Waals surface area (Å²) < 4.78 is 15.4. The summed E-state index contributed by atoms with van der Waals surface area (Å²) in [4.78, 5) is 1.29. The van der Waals surface area contributed by atoms with Crippen molar-refractivity contribution in [2.45, 2.75) is 19.9 Å². The van der Waals surface area contributed by atoms with Gasteiger partial charge in [-0.3, -0.25) is 0 Å². The Kier molecular flexibility index (Phi) is 4.00. The number of thiophene rings is 1. The zero-order valence-electron chi connectivity index (χ0n) is 11.8. The quantitative estimate of drug-likeness (QED) is 0.576. The van der Waals surface area contributed by atoms with Gasteiger partial charge in [0.15, 0.2) is 0 Å². The Balaban J connectivity index is 1.91. The first-order valence-corrected chi connectivity index (χ1v) is 8.37. The molecule has 4 heteroatoms. The molecule has 0 aliphatic heterocycles. The molecule has 1 nitrogen and oxygen atoms in total. The third kappa shape index (κ3) is 2.83. The van der Waals surface area contributed by atoms with Gasteiger partial charge in [-0.1, -0.05) is 18.2 Å². The van der Waals surface area contributed by atoms with E-state index in [4.69, 9.17) is 0 Å². The van der Waals surface area contributed by atoms with E-state index in [9.17, 15) is 4.39 Å². The summed E-state index contributed by atoms with van der Waals surface area (Å²) in [6, 6.07) is 13.7. The SMILES string of the molecule is Cc1c(C(C)Nc2ccc(Br)c(F)c2)sc2ccccc12. The van der Waals surface area contributed by atoms with E-state index in [0.717, 1.165) is 5.69 Å². The van der Waals surface area contributed by atoms with Crippen molar-refractivity contribution in [1.82, 2.24) is 0 Å². The van der Waals surface area contributed by atoms with Crippen molar-refractivity contribution in [3.8, 4) is 0 Å². The minimum Gasteiger partial charge on any atom is -0.378 e. The molecule has 0 amide bonds. The van der Waals surface area contributed by atoms with Crippen molar-refractivity contribution < 1.29 is 4.39 Å². The molecule has 2 aromatic carbocycles. The summed E-state index contributed by atoms with van der Waals surface area (Å²) in [6.45, 7) is 4.26. The Hall–Kier alpha value is -1.39. The second kappa shape index (κ2) is 5.78. The number of anilines is 1. The van der Waals surface area contributed by atoms with Gasteiger partial charge in [0, 0.05) is 15.3 Å². The van der Waals surface area contributed by atoms with Crippen LogP contribution in [0.15, 0.2) is 46.9 Å². The van der Waals surface area contributed by atoms with Crippen LogP contribution in [0.3, 0.4) is 0 Å². The van der Waals surface area contributed by atoms with Gasteiger partial charge in [-0.15, -0.1) is 11.3 Å². The second-order valence-electron chi connectivity index (χ2n) is 5.08. The smallest absolute Gasteiger partial charge is 0.139 e. The summed E-state index contributed by atoms with van der Waals surface area (Å²) in [5, 5.41) is 4.68. The van der Waals surface area contributed by atoms with Crippen molar-refractivity contribution in [1.29, 1.82) is 0 Å². The maximum Gasteiger partial charge on any atom is 0.139 e. The van der Waals surface area contributed by atoms with E-state index < -0.39 is 0 Å². The third-order valence-electron chi connectivity index (χ3n) is 3.58. The lowest BCUT2D eigenvalue weighted by molar-refractivity contribution is 0.621. The molecular weight excluding hydrogens is 349 g/mol. The molecule has 1 heterocycles. The zero-order valence-corrected chi connectivity index (χ0v) is 14.2. The van der Waals surface area contributed by atoms with Crippen molar-refractivity contribution in [3.05, 3.63) is 63.2 Å². The number of fused-ring (bicyclic) bond motifs is 1. The number of nitrogens with one attached hydrogen (secondary N) is 1. The molecule has 3 rings (SSSR count). The van der Waals surface area contributed by atoms with Gasteiger partial charge in [0.2, 0.25) is 0 Å². The topological polar surface area (TPSA) is 12.0 Å². The minimum absolute atomic E-state index is 0.142. The van der Waals surface area contributed by atoms with E-state index >= 15 is 0 Å². The van der Waals surface area contributed by atoms with Crippen LogP contribution < -0.4 is 5.32 Å². The van der Waals surface area contributed by atoms with Gasteiger partial charge in [-0.2, -0.15) is 0 Å². The normalized spacial score (nSPS) is 12.6. The van der Waals surface area contributed by atoms with Gasteiger partial charge in [0.05, 0.1) is 10.5 Å². The summed E-state index contributed by atoms with van der Waals surface area (Å²) in [7, 11) is 0. The van der Waals surface area contributed by atoms with Gasteiger partial charge in [0.25, 0.3) is 0 Å². The summed E-state index contributed by atoms with van der Waals surface area (Å²) in [5.74, 6) is -0.250. The van der Waals surface area contributed by atoms with Gasteiger partial charge < -0.3 is 5.32 Å². The van der Waals surface area contributed by atoms with Crippen LogP contribution in [-0.4, -0.2) is 0 Å². The Labute approximate surface area is 135 Å². The fourth-order valence-electron chi connectivity index (χ4n) is 2.51. The first kappa shape index (κ1) is 14.5. The van der Waals surface area contributed by atoms with E-state index in [1.54, 1.807) is 17.4 Å². The van der Waals surface area contributed by atoms with Crippen molar-refractivity contribution >= 4 is 43.0 Å². The molecule has 108 valence electrons. The van der Waals surface area contributed by atoms with Crippen LogP contribution in [0.25, 0.3) is 10.1 Å². The third-order valence-corrected chi connectivity index (χ3v) is 5.68. The van der Waals surface area contributed by atoms with E-state index in [0.29, 0.717) is 4.47 Å². The average Bonchev–Trinajstić information content (AvgIpc) is 2.81. The maximum absolute atomic E-state index is 13.6. The lowest BCUT2D eigenvalue weighted by atomic mass is 10.1. The van der Waals surface area contributed by atoms with Crippen LogP contribution in [0, 0.1) is 12.7 Å². The highest BCUT2D eigenvalue weighted by atomic mass is 79.9.